The Labute approximate surface area is 292 Å². The highest BCUT2D eigenvalue weighted by Crippen LogP contribution is 2.25. The molecule has 47 heavy (non-hydrogen) atoms. The molecule has 0 saturated heterocycles. The van der Waals surface area contributed by atoms with Crippen LogP contribution in [0.4, 0.5) is 11.4 Å². The SMILES string of the molecule is CCCCCCCCCCCCCC=CC(=Nc1ccc(CCC)c(CCC)c1)C(CCCC)=Nc1ccc(CCC)c(CCC)c1. The van der Waals surface area contributed by atoms with E-state index < -0.39 is 0 Å². The van der Waals surface area contributed by atoms with Crippen molar-refractivity contribution in [1.82, 2.24) is 0 Å². The third kappa shape index (κ3) is 17.0. The predicted octanol–water partition coefficient (Wildman–Crippen LogP) is 14.8. The van der Waals surface area contributed by atoms with Gasteiger partial charge in [-0.05, 0) is 104 Å². The first-order chi connectivity index (χ1) is 23.1. The molecular weight excluding hydrogens is 569 g/mol. The second-order valence-corrected chi connectivity index (χ2v) is 13.8. The summed E-state index contributed by atoms with van der Waals surface area (Å²) in [5.74, 6) is 0. The minimum atomic E-state index is 0.952. The van der Waals surface area contributed by atoms with Crippen LogP contribution >= 0.6 is 0 Å². The van der Waals surface area contributed by atoms with Crippen LogP contribution < -0.4 is 0 Å². The molecule has 0 heterocycles. The molecule has 0 saturated carbocycles. The van der Waals surface area contributed by atoms with Crippen molar-refractivity contribution in [2.75, 3.05) is 0 Å². The van der Waals surface area contributed by atoms with Gasteiger partial charge in [-0.1, -0.05) is 156 Å². The zero-order valence-electron chi connectivity index (χ0n) is 31.8. The summed E-state index contributed by atoms with van der Waals surface area (Å²) in [6, 6.07) is 13.8. The van der Waals surface area contributed by atoms with Crippen molar-refractivity contribution in [1.29, 1.82) is 0 Å². The molecule has 0 aliphatic carbocycles. The molecule has 0 atom stereocenters. The lowest BCUT2D eigenvalue weighted by atomic mass is 9.98. The van der Waals surface area contributed by atoms with E-state index in [1.54, 1.807) is 0 Å². The fourth-order valence-electron chi connectivity index (χ4n) is 6.59. The van der Waals surface area contributed by atoms with E-state index >= 15 is 0 Å². The molecule has 2 aromatic rings. The molecule has 262 valence electrons. The average molecular weight is 641 g/mol. The Balaban J connectivity index is 2.29. The van der Waals surface area contributed by atoms with Crippen molar-refractivity contribution in [2.24, 2.45) is 9.98 Å². The molecule has 2 rings (SSSR count). The summed E-state index contributed by atoms with van der Waals surface area (Å²) in [7, 11) is 0. The molecule has 2 nitrogen and oxygen atoms in total. The van der Waals surface area contributed by atoms with Crippen molar-refractivity contribution in [2.45, 2.75) is 189 Å². The number of aliphatic imine (C=N–C) groups is 2. The number of hydrogen-bond donors (Lipinski definition) is 0. The van der Waals surface area contributed by atoms with Gasteiger partial charge < -0.3 is 0 Å². The van der Waals surface area contributed by atoms with Gasteiger partial charge in [0.15, 0.2) is 0 Å². The fourth-order valence-corrected chi connectivity index (χ4v) is 6.59. The predicted molar refractivity (Wildman–Crippen MR) is 213 cm³/mol. The van der Waals surface area contributed by atoms with E-state index in [-0.39, 0.29) is 0 Å². The van der Waals surface area contributed by atoms with Crippen molar-refractivity contribution in [3.63, 3.8) is 0 Å². The Morgan fingerprint density at radius 2 is 0.915 bits per heavy atom. The van der Waals surface area contributed by atoms with Gasteiger partial charge in [-0.25, -0.2) is 4.99 Å². The molecule has 2 aromatic carbocycles. The van der Waals surface area contributed by atoms with Gasteiger partial charge in [0.2, 0.25) is 0 Å². The molecule has 0 radical (unpaired) electrons. The molecule has 0 unspecified atom stereocenters. The second kappa shape index (κ2) is 26.5. The Hall–Kier alpha value is -2.48. The normalized spacial score (nSPS) is 12.5. The lowest BCUT2D eigenvalue weighted by molar-refractivity contribution is 0.550. The zero-order valence-corrected chi connectivity index (χ0v) is 31.8. The Bertz CT molecular complexity index is 1180. The van der Waals surface area contributed by atoms with Crippen LogP contribution in [-0.2, 0) is 25.7 Å². The van der Waals surface area contributed by atoms with Crippen molar-refractivity contribution >= 4 is 22.8 Å². The van der Waals surface area contributed by atoms with Crippen molar-refractivity contribution in [3.8, 4) is 0 Å². The molecular formula is C45H72N2. The molecule has 0 spiro atoms. The minimum Gasteiger partial charge on any atom is -0.251 e. The summed E-state index contributed by atoms with van der Waals surface area (Å²) in [5.41, 5.74) is 10.2. The number of hydrogen-bond acceptors (Lipinski definition) is 2. The highest BCUT2D eigenvalue weighted by Gasteiger charge is 2.11. The van der Waals surface area contributed by atoms with Crippen LogP contribution in [-0.4, -0.2) is 11.4 Å². The van der Waals surface area contributed by atoms with Gasteiger partial charge in [0.1, 0.15) is 0 Å². The highest BCUT2D eigenvalue weighted by atomic mass is 14.8. The van der Waals surface area contributed by atoms with E-state index in [0.29, 0.717) is 0 Å². The maximum Gasteiger partial charge on any atom is 0.0848 e. The number of unbranched alkanes of at least 4 members (excludes halogenated alkanes) is 12. The van der Waals surface area contributed by atoms with Crippen LogP contribution in [0.2, 0.25) is 0 Å². The summed E-state index contributed by atoms with van der Waals surface area (Å²) < 4.78 is 0. The summed E-state index contributed by atoms with van der Waals surface area (Å²) in [6.07, 6.45) is 33.4. The molecule has 2 heteroatoms. The van der Waals surface area contributed by atoms with Gasteiger partial charge >= 0.3 is 0 Å². The molecule has 0 fully saturated rings. The Kier molecular flexibility index (Phi) is 22.9. The molecule has 0 aliphatic heterocycles. The highest BCUT2D eigenvalue weighted by molar-refractivity contribution is 6.47. The van der Waals surface area contributed by atoms with Crippen LogP contribution in [0.1, 0.15) is 186 Å². The van der Waals surface area contributed by atoms with Crippen LogP contribution in [0, 0.1) is 0 Å². The minimum absolute atomic E-state index is 0.952. The third-order valence-corrected chi connectivity index (χ3v) is 9.28. The molecule has 0 amide bonds. The molecule has 0 aromatic heterocycles. The Morgan fingerprint density at radius 3 is 1.40 bits per heavy atom. The van der Waals surface area contributed by atoms with Gasteiger partial charge in [-0.3, -0.25) is 4.99 Å². The molecule has 0 bridgehead atoms. The van der Waals surface area contributed by atoms with E-state index in [9.17, 15) is 0 Å². The Morgan fingerprint density at radius 1 is 0.468 bits per heavy atom. The summed E-state index contributed by atoms with van der Waals surface area (Å²) in [5, 5.41) is 0. The number of aryl methyl sites for hydroxylation is 4. The number of allylic oxidation sites excluding steroid dienone is 2. The van der Waals surface area contributed by atoms with E-state index in [4.69, 9.17) is 9.98 Å². The number of nitrogens with zero attached hydrogens (tertiary/aromatic N) is 2. The van der Waals surface area contributed by atoms with E-state index in [2.05, 4.69) is 90.1 Å². The van der Waals surface area contributed by atoms with Crippen LogP contribution in [0.5, 0.6) is 0 Å². The van der Waals surface area contributed by atoms with Gasteiger partial charge in [0.05, 0.1) is 22.8 Å². The number of rotatable bonds is 27. The fraction of sp³-hybridized carbons (Fsp3) is 0.644. The monoisotopic (exact) mass is 641 g/mol. The quantitative estimate of drug-likeness (QED) is 0.0685. The van der Waals surface area contributed by atoms with Crippen LogP contribution in [0.25, 0.3) is 0 Å². The van der Waals surface area contributed by atoms with Crippen LogP contribution in [0.3, 0.4) is 0 Å². The molecule has 0 aliphatic rings. The topological polar surface area (TPSA) is 24.7 Å². The van der Waals surface area contributed by atoms with Crippen molar-refractivity contribution in [3.05, 3.63) is 70.8 Å². The van der Waals surface area contributed by atoms with E-state index in [0.717, 1.165) is 87.0 Å². The first-order valence-electron chi connectivity index (χ1n) is 20.2. The smallest absolute Gasteiger partial charge is 0.0848 e. The zero-order chi connectivity index (χ0) is 34.0. The van der Waals surface area contributed by atoms with Gasteiger partial charge in [-0.15, -0.1) is 0 Å². The van der Waals surface area contributed by atoms with Gasteiger partial charge in [-0.2, -0.15) is 0 Å². The first-order valence-corrected chi connectivity index (χ1v) is 20.2. The second-order valence-electron chi connectivity index (χ2n) is 13.8. The maximum absolute atomic E-state index is 5.36. The van der Waals surface area contributed by atoms with E-state index in [1.807, 2.05) is 0 Å². The number of benzene rings is 2. The average Bonchev–Trinajstić information content (AvgIpc) is 3.07. The lowest BCUT2D eigenvalue weighted by Gasteiger charge is -2.12. The largest absolute Gasteiger partial charge is 0.251 e. The van der Waals surface area contributed by atoms with Crippen LogP contribution in [0.15, 0.2) is 58.5 Å². The summed E-state index contributed by atoms with van der Waals surface area (Å²) in [4.78, 5) is 10.7. The van der Waals surface area contributed by atoms with Gasteiger partial charge in [0, 0.05) is 0 Å². The van der Waals surface area contributed by atoms with E-state index in [1.165, 1.54) is 106 Å². The first kappa shape index (κ1) is 40.7. The standard InChI is InChI=1S/C45H72N2/c1-7-13-15-16-17-18-19-20-21-22-23-24-25-31-45(47-43-35-33-39(27-10-4)41(37-43)29-12-6)44(30-14-8-2)46-42-34-32-38(26-9-3)40(36-42)28-11-5/h25,31-37H,7-24,26-30H2,1-6H3. The maximum atomic E-state index is 5.36. The third-order valence-electron chi connectivity index (χ3n) is 9.28. The summed E-state index contributed by atoms with van der Waals surface area (Å²) in [6.45, 7) is 13.7. The van der Waals surface area contributed by atoms with Crippen molar-refractivity contribution < 1.29 is 0 Å². The lowest BCUT2D eigenvalue weighted by Crippen LogP contribution is -2.12. The van der Waals surface area contributed by atoms with Gasteiger partial charge in [0.25, 0.3) is 0 Å². The molecule has 0 N–H and O–H groups in total. The summed E-state index contributed by atoms with van der Waals surface area (Å²) >= 11 is 0.